The van der Waals surface area contributed by atoms with Crippen LogP contribution in [0, 0.1) is 0 Å². The number of hydrogen-bond acceptors (Lipinski definition) is 18. The minimum atomic E-state index is -1.10. The number of anilines is 1. The van der Waals surface area contributed by atoms with Crippen molar-refractivity contribution in [1.82, 2.24) is 59.9 Å². The average molecular weight is 1110 g/mol. The Labute approximate surface area is 452 Å². The zero-order valence-electron chi connectivity index (χ0n) is 42.0. The second-order valence-corrected chi connectivity index (χ2v) is 18.6. The fraction of sp³-hybridized carbons (Fsp3) is 0.340. The van der Waals surface area contributed by atoms with Gasteiger partial charge < -0.3 is 43.5 Å². The van der Waals surface area contributed by atoms with E-state index in [4.69, 9.17) is 51.9 Å². The molecule has 3 aliphatic heterocycles. The second-order valence-electron chi connectivity index (χ2n) is 17.7. The predicted octanol–water partition coefficient (Wildman–Crippen LogP) is 2.15. The van der Waals surface area contributed by atoms with Crippen LogP contribution in [0.15, 0.2) is 71.9 Å². The Morgan fingerprint density at radius 1 is 0.795 bits per heavy atom. The Balaban J connectivity index is 0.734. The van der Waals surface area contributed by atoms with Gasteiger partial charge >= 0.3 is 6.01 Å². The lowest BCUT2D eigenvalue weighted by Gasteiger charge is -2.27. The van der Waals surface area contributed by atoms with Crippen LogP contribution >= 0.6 is 23.2 Å². The second kappa shape index (κ2) is 23.7. The molecule has 0 saturated carbocycles. The number of imide groups is 2. The summed E-state index contributed by atoms with van der Waals surface area (Å²) >= 11 is 12.8. The van der Waals surface area contributed by atoms with Crippen LogP contribution in [0.5, 0.6) is 17.6 Å². The topological polar surface area (TPSA) is 305 Å². The highest BCUT2D eigenvalue weighted by Gasteiger charge is 2.47. The molecule has 2 aromatic carbocycles. The fourth-order valence-electron chi connectivity index (χ4n) is 9.03. The zero-order valence-corrected chi connectivity index (χ0v) is 43.5. The van der Waals surface area contributed by atoms with E-state index in [1.54, 1.807) is 31.3 Å². The van der Waals surface area contributed by atoms with Crippen molar-refractivity contribution in [2.75, 3.05) is 65.2 Å². The summed E-state index contributed by atoms with van der Waals surface area (Å²) in [7, 11) is 4.39. The maximum absolute atomic E-state index is 14.6. The summed E-state index contributed by atoms with van der Waals surface area (Å²) in [5.74, 6) is -3.41. The highest BCUT2D eigenvalue weighted by atomic mass is 35.5. The van der Waals surface area contributed by atoms with E-state index < -0.39 is 59.0 Å². The number of carbonyl (C=O) groups excluding carboxylic acids is 7. The molecule has 28 heteroatoms. The van der Waals surface area contributed by atoms with Crippen LogP contribution in [0.4, 0.5) is 5.69 Å². The molecule has 1 fully saturated rings. The van der Waals surface area contributed by atoms with Crippen LogP contribution < -0.4 is 40.6 Å². The molecule has 3 N–H and O–H groups in total. The van der Waals surface area contributed by atoms with E-state index in [0.717, 1.165) is 4.90 Å². The van der Waals surface area contributed by atoms with Crippen molar-refractivity contribution in [3.8, 4) is 29.0 Å². The number of carbonyl (C=O) groups is 7. The number of rotatable bonds is 23. The molecule has 4 aromatic heterocycles. The molecule has 7 amide bonds. The van der Waals surface area contributed by atoms with Gasteiger partial charge in [-0.05, 0) is 54.8 Å². The molecule has 7 heterocycles. The van der Waals surface area contributed by atoms with Gasteiger partial charge in [0, 0.05) is 57.1 Å². The van der Waals surface area contributed by atoms with Crippen molar-refractivity contribution in [2.24, 2.45) is 7.05 Å². The van der Waals surface area contributed by atoms with Gasteiger partial charge in [0.25, 0.3) is 35.1 Å². The van der Waals surface area contributed by atoms with E-state index in [1.807, 2.05) is 4.57 Å². The number of fused-ring (bicyclic) bond motifs is 2. The molecule has 0 bridgehead atoms. The highest BCUT2D eigenvalue weighted by Crippen LogP contribution is 2.44. The third-order valence-corrected chi connectivity index (χ3v) is 13.1. The molecule has 1 saturated heterocycles. The molecule has 0 spiro atoms. The Hall–Kier alpha value is -8.59. The first-order valence-electron chi connectivity index (χ1n) is 24.3. The van der Waals surface area contributed by atoms with Crippen molar-refractivity contribution < 1.29 is 57.2 Å². The third-order valence-electron chi connectivity index (χ3n) is 12.7. The first-order valence-corrected chi connectivity index (χ1v) is 25.0. The number of aryl methyl sites for hydroxylation is 2. The molecule has 26 nitrogen and oxygen atoms in total. The van der Waals surface area contributed by atoms with Gasteiger partial charge in [-0.2, -0.15) is 4.98 Å². The summed E-state index contributed by atoms with van der Waals surface area (Å²) in [5, 5.41) is 16.5. The number of benzene rings is 2. The highest BCUT2D eigenvalue weighted by molar-refractivity contribution is 6.31. The Bertz CT molecular complexity index is 3400. The number of piperidine rings is 1. The third kappa shape index (κ3) is 11.4. The maximum Gasteiger partial charge on any atom is 0.319 e. The van der Waals surface area contributed by atoms with Gasteiger partial charge in [-0.15, -0.1) is 5.10 Å². The fourth-order valence-corrected chi connectivity index (χ4v) is 9.40. The van der Waals surface area contributed by atoms with Gasteiger partial charge in [-0.3, -0.25) is 58.2 Å². The van der Waals surface area contributed by atoms with E-state index in [2.05, 4.69) is 36.2 Å². The summed E-state index contributed by atoms with van der Waals surface area (Å²) in [5.41, 5.74) is 1.32. The van der Waals surface area contributed by atoms with E-state index >= 15 is 0 Å². The maximum atomic E-state index is 14.6. The SMILES string of the molecule is COc1ncc(-c2nc3c(n2CCCn2cc(C(=O)NCCOCCOCCNC(=O)COc4ccc5c(c4)C(=O)N(C4CCC(=O)NC4=O)C5=O)nn2)[C@H](c2ccc(Cl)cc2)N(c2cc(Cl)cn(C)c2=O)C3=O)c(OC)n1. The minimum absolute atomic E-state index is 0.00116. The van der Waals surface area contributed by atoms with Gasteiger partial charge in [0.15, 0.2) is 18.0 Å². The lowest BCUT2D eigenvalue weighted by Crippen LogP contribution is -2.54. The van der Waals surface area contributed by atoms with Gasteiger partial charge in [-0.1, -0.05) is 40.5 Å². The van der Waals surface area contributed by atoms with Crippen molar-refractivity contribution >= 4 is 70.2 Å². The summed E-state index contributed by atoms with van der Waals surface area (Å²) in [6.45, 7) is 1.20. The Kier molecular flexibility index (Phi) is 16.5. The smallest absolute Gasteiger partial charge is 0.319 e. The molecule has 1 unspecified atom stereocenters. The number of hydrogen-bond donors (Lipinski definition) is 3. The van der Waals surface area contributed by atoms with Crippen molar-refractivity contribution in [3.63, 3.8) is 0 Å². The van der Waals surface area contributed by atoms with Gasteiger partial charge in [0.2, 0.25) is 17.7 Å². The van der Waals surface area contributed by atoms with Gasteiger partial charge in [0.1, 0.15) is 29.3 Å². The lowest BCUT2D eigenvalue weighted by molar-refractivity contribution is -0.136. The quantitative estimate of drug-likeness (QED) is 0.0612. The molecule has 78 heavy (non-hydrogen) atoms. The van der Waals surface area contributed by atoms with Crippen molar-refractivity contribution in [1.29, 1.82) is 0 Å². The number of pyridine rings is 1. The minimum Gasteiger partial charge on any atom is -0.484 e. The molecule has 6 aromatic rings. The summed E-state index contributed by atoms with van der Waals surface area (Å²) < 4.78 is 32.1. The first-order chi connectivity index (χ1) is 37.6. The van der Waals surface area contributed by atoms with Gasteiger partial charge in [0.05, 0.1) is 74.3 Å². The normalized spacial score (nSPS) is 15.8. The Morgan fingerprint density at radius 3 is 2.27 bits per heavy atom. The zero-order chi connectivity index (χ0) is 55.2. The van der Waals surface area contributed by atoms with Crippen molar-refractivity contribution in [2.45, 2.75) is 44.4 Å². The van der Waals surface area contributed by atoms with E-state index in [-0.39, 0.29) is 123 Å². The van der Waals surface area contributed by atoms with E-state index in [9.17, 15) is 38.4 Å². The van der Waals surface area contributed by atoms with Crippen LogP contribution in [0.1, 0.15) is 78.3 Å². The molecule has 2 atom stereocenters. The van der Waals surface area contributed by atoms with E-state index in [0.29, 0.717) is 34.1 Å². The largest absolute Gasteiger partial charge is 0.484 e. The van der Waals surface area contributed by atoms with Crippen LogP contribution in [-0.4, -0.2) is 152 Å². The molecule has 9 rings (SSSR count). The van der Waals surface area contributed by atoms with E-state index in [1.165, 1.54) is 71.2 Å². The molecule has 3 aliphatic rings. The number of nitrogens with one attached hydrogen (secondary N) is 3. The molecule has 406 valence electrons. The number of methoxy groups -OCH3 is 2. The summed E-state index contributed by atoms with van der Waals surface area (Å²) in [6, 6.07) is 10.6. The number of aromatic nitrogens is 8. The lowest BCUT2D eigenvalue weighted by atomic mass is 10.0. The van der Waals surface area contributed by atoms with Crippen LogP contribution in [0.3, 0.4) is 0 Å². The predicted molar refractivity (Wildman–Crippen MR) is 273 cm³/mol. The van der Waals surface area contributed by atoms with Crippen LogP contribution in [0.2, 0.25) is 10.0 Å². The van der Waals surface area contributed by atoms with Gasteiger partial charge in [-0.25, -0.2) is 9.97 Å². The van der Waals surface area contributed by atoms with Crippen LogP contribution in [-0.2, 0) is 44.0 Å². The Morgan fingerprint density at radius 2 is 1.54 bits per heavy atom. The summed E-state index contributed by atoms with van der Waals surface area (Å²) in [4.78, 5) is 119. The number of ether oxygens (including phenoxy) is 5. The molecular formula is C50H49Cl2N13O13. The molecule has 0 aliphatic carbocycles. The van der Waals surface area contributed by atoms with Crippen molar-refractivity contribution in [3.05, 3.63) is 121 Å². The number of imidazole rings is 1. The first kappa shape index (κ1) is 54.2. The number of nitrogens with zero attached hydrogens (tertiary/aromatic N) is 10. The number of halogens is 2. The van der Waals surface area contributed by atoms with Crippen LogP contribution in [0.25, 0.3) is 11.4 Å². The molecule has 0 radical (unpaired) electrons. The summed E-state index contributed by atoms with van der Waals surface area (Å²) in [6.07, 6.45) is 4.86. The monoisotopic (exact) mass is 1110 g/mol. The number of amides is 7. The standard InChI is InChI=1S/C50H49Cl2N13O13/c1-61-24-29(52)21-36(48(61)72)64-40(27-5-7-28(51)8-6-27)41-39(49(64)73)57-42(33-23-55-50(75-3)58-45(33)74-2)63(41)16-4-15-62-25-34(59-60-62)43(68)54-14-18-77-20-19-76-17-13-53-38(67)26-78-30-9-10-31-32(22-30)47(71)65(46(31)70)35-11-12-37(66)56-44(35)69/h5-10,21-25,35,40H,4,11-20,26H2,1-3H3,(H,53,67)(H,54,68)(H,56,66,69)/t35?,40-/m0/s1. The molecular weight excluding hydrogens is 1060 g/mol. The average Bonchev–Trinajstić information content (AvgIpc) is 4.34.